The van der Waals surface area contributed by atoms with Gasteiger partial charge in [0.2, 0.25) is 0 Å². The van der Waals surface area contributed by atoms with Gasteiger partial charge in [0.1, 0.15) is 0 Å². The first kappa shape index (κ1) is 23.4. The molecule has 0 radical (unpaired) electrons. The van der Waals surface area contributed by atoms with E-state index >= 15 is 0 Å². The van der Waals surface area contributed by atoms with Crippen LogP contribution in [0.3, 0.4) is 0 Å². The van der Waals surface area contributed by atoms with E-state index in [0.717, 1.165) is 25.4 Å². The van der Waals surface area contributed by atoms with Crippen molar-refractivity contribution in [2.45, 2.75) is 97.4 Å². The Morgan fingerprint density at radius 2 is 1.62 bits per heavy atom. The molecule has 0 aromatic heterocycles. The van der Waals surface area contributed by atoms with Crippen LogP contribution in [0.2, 0.25) is 6.04 Å². The number of nitrogens with zero attached hydrogens (tertiary/aromatic N) is 1. The van der Waals surface area contributed by atoms with E-state index in [1.54, 1.807) is 0 Å². The first-order valence-electron chi connectivity index (χ1n) is 10.6. The molecule has 0 bridgehead atoms. The van der Waals surface area contributed by atoms with Crippen LogP contribution in [-0.2, 0) is 0 Å². The molecule has 0 spiro atoms. The van der Waals surface area contributed by atoms with E-state index < -0.39 is 0 Å². The molecule has 0 rings (SSSR count). The fourth-order valence-electron chi connectivity index (χ4n) is 2.92. The topological polar surface area (TPSA) is 24.4 Å². The molecule has 1 N–H and O–H groups in total. The summed E-state index contributed by atoms with van der Waals surface area (Å²) in [6, 6.07) is 1.36. The number of nitrogens with one attached hydrogen (secondary N) is 1. The third-order valence-electron chi connectivity index (χ3n) is 4.58. The maximum atomic E-state index is 4.90. The van der Waals surface area contributed by atoms with Crippen molar-refractivity contribution < 1.29 is 0 Å². The normalized spacial score (nSPS) is 13.5. The second kappa shape index (κ2) is 18.8. The zero-order valence-electron chi connectivity index (χ0n) is 16.9. The molecule has 24 heavy (non-hydrogen) atoms. The zero-order valence-corrected chi connectivity index (χ0v) is 18.3. The molecule has 0 aliphatic rings. The van der Waals surface area contributed by atoms with Gasteiger partial charge in [-0.2, -0.15) is 0 Å². The molecule has 1 unspecified atom stereocenters. The van der Waals surface area contributed by atoms with E-state index in [2.05, 4.69) is 38.4 Å². The number of amidine groups is 1. The van der Waals surface area contributed by atoms with E-state index in [-0.39, 0.29) is 9.52 Å². The van der Waals surface area contributed by atoms with Gasteiger partial charge in [0.15, 0.2) is 0 Å². The minimum Gasteiger partial charge on any atom is -0.374 e. The molecular formula is C21H44N2Si. The second-order valence-electron chi connectivity index (χ2n) is 7.26. The summed E-state index contributed by atoms with van der Waals surface area (Å²) in [6.07, 6.45) is 14.5. The van der Waals surface area contributed by atoms with Gasteiger partial charge < -0.3 is 5.32 Å². The largest absolute Gasteiger partial charge is 0.374 e. The Hall–Kier alpha value is -0.573. The third-order valence-corrected chi connectivity index (χ3v) is 6.31. The van der Waals surface area contributed by atoms with Crippen LogP contribution >= 0.6 is 0 Å². The molecule has 0 saturated carbocycles. The van der Waals surface area contributed by atoms with E-state index in [1.165, 1.54) is 76.1 Å². The van der Waals surface area contributed by atoms with Gasteiger partial charge in [-0.3, -0.25) is 4.99 Å². The minimum atomic E-state index is -0.0541. The summed E-state index contributed by atoms with van der Waals surface area (Å²) in [5.74, 6) is 2.02. The van der Waals surface area contributed by atoms with Crippen LogP contribution in [0.4, 0.5) is 0 Å². The minimum absolute atomic E-state index is 0.0541. The molecule has 0 saturated heterocycles. The summed E-state index contributed by atoms with van der Waals surface area (Å²) in [5.41, 5.74) is 2.17. The predicted molar refractivity (Wildman–Crippen MR) is 115 cm³/mol. The summed E-state index contributed by atoms with van der Waals surface area (Å²) in [4.78, 5) is 4.90. The molecule has 0 aromatic carbocycles. The van der Waals surface area contributed by atoms with Gasteiger partial charge >= 0.3 is 0 Å². The summed E-state index contributed by atoms with van der Waals surface area (Å²) < 4.78 is 0. The maximum absolute atomic E-state index is 4.90. The van der Waals surface area contributed by atoms with Crippen molar-refractivity contribution in [3.8, 4) is 0 Å². The molecule has 0 heterocycles. The molecule has 0 fully saturated rings. The lowest BCUT2D eigenvalue weighted by atomic mass is 10.1. The molecule has 2 nitrogen and oxygen atoms in total. The highest BCUT2D eigenvalue weighted by Crippen LogP contribution is 2.10. The lowest BCUT2D eigenvalue weighted by molar-refractivity contribution is 0.608. The molecule has 0 aromatic rings. The average molecular weight is 353 g/mol. The first-order chi connectivity index (χ1) is 11.7. The Morgan fingerprint density at radius 1 is 1.00 bits per heavy atom. The van der Waals surface area contributed by atoms with Crippen LogP contribution < -0.4 is 5.32 Å². The Kier molecular flexibility index (Phi) is 18.3. The molecule has 142 valence electrons. The average Bonchev–Trinajstić information content (AvgIpc) is 2.58. The first-order valence-corrected chi connectivity index (χ1v) is 12.4. The predicted octanol–water partition coefficient (Wildman–Crippen LogP) is 5.67. The van der Waals surface area contributed by atoms with Crippen LogP contribution in [0.25, 0.3) is 0 Å². The van der Waals surface area contributed by atoms with Crippen molar-refractivity contribution in [3.05, 3.63) is 12.3 Å². The van der Waals surface area contributed by atoms with Crippen LogP contribution in [0.5, 0.6) is 0 Å². The standard InChI is InChI=1S/C21H44N2Si/c1-5-8-10-12-14-16-22-21(18-20(4)19-24-7-3)23-17-15-13-11-9-6-2/h7,20H,3,5-6,8-19,24H2,1-2,4H3,(H,22,23). The van der Waals surface area contributed by atoms with Crippen LogP contribution in [0, 0.1) is 5.92 Å². The summed E-state index contributed by atoms with van der Waals surface area (Å²) in [6.45, 7) is 12.9. The number of hydrogen-bond donors (Lipinski definition) is 1. The van der Waals surface area contributed by atoms with Crippen molar-refractivity contribution in [1.82, 2.24) is 5.32 Å². The Balaban J connectivity index is 4.09. The lowest BCUT2D eigenvalue weighted by Gasteiger charge is -2.15. The highest BCUT2D eigenvalue weighted by atomic mass is 28.2. The smallest absolute Gasteiger partial charge is 0.0965 e. The van der Waals surface area contributed by atoms with Crippen molar-refractivity contribution in [2.75, 3.05) is 13.1 Å². The Bertz CT molecular complexity index is 302. The second-order valence-corrected chi connectivity index (χ2v) is 8.99. The Labute approximate surface area is 154 Å². The maximum Gasteiger partial charge on any atom is 0.0965 e. The highest BCUT2D eigenvalue weighted by molar-refractivity contribution is 6.41. The van der Waals surface area contributed by atoms with E-state index in [4.69, 9.17) is 4.99 Å². The van der Waals surface area contributed by atoms with Crippen molar-refractivity contribution in [3.63, 3.8) is 0 Å². The van der Waals surface area contributed by atoms with E-state index in [9.17, 15) is 0 Å². The van der Waals surface area contributed by atoms with Crippen LogP contribution in [-0.4, -0.2) is 28.4 Å². The molecule has 0 amide bonds. The fourth-order valence-corrected chi connectivity index (χ4v) is 3.93. The molecule has 3 heteroatoms. The quantitative estimate of drug-likeness (QED) is 0.155. The van der Waals surface area contributed by atoms with Crippen LogP contribution in [0.15, 0.2) is 17.3 Å². The summed E-state index contributed by atoms with van der Waals surface area (Å²) in [5, 5.41) is 3.65. The molecular weight excluding hydrogens is 308 g/mol. The van der Waals surface area contributed by atoms with Gasteiger partial charge in [-0.25, -0.2) is 0 Å². The Morgan fingerprint density at radius 3 is 2.25 bits per heavy atom. The number of rotatable bonds is 17. The van der Waals surface area contributed by atoms with Gasteiger partial charge in [0, 0.05) is 29.0 Å². The van der Waals surface area contributed by atoms with Gasteiger partial charge in [0.05, 0.1) is 5.84 Å². The number of unbranched alkanes of at least 4 members (excludes halogenated alkanes) is 8. The molecule has 0 aliphatic heterocycles. The lowest BCUT2D eigenvalue weighted by Crippen LogP contribution is -2.27. The SMILES string of the molecule is C=C[SiH2]CC(C)CC(=NCCCCCCC)NCCCCCCC. The van der Waals surface area contributed by atoms with Gasteiger partial charge in [-0.1, -0.05) is 78.2 Å². The molecule has 1 atom stereocenters. The van der Waals surface area contributed by atoms with E-state index in [0.29, 0.717) is 0 Å². The van der Waals surface area contributed by atoms with Gasteiger partial charge in [-0.15, -0.1) is 12.3 Å². The fraction of sp³-hybridized carbons (Fsp3) is 0.857. The summed E-state index contributed by atoms with van der Waals surface area (Å²) in [7, 11) is -0.0541. The number of aliphatic imine (C=N–C) groups is 1. The van der Waals surface area contributed by atoms with Gasteiger partial charge in [-0.05, 0) is 18.8 Å². The monoisotopic (exact) mass is 352 g/mol. The van der Waals surface area contributed by atoms with Crippen molar-refractivity contribution in [1.29, 1.82) is 0 Å². The molecule has 0 aliphatic carbocycles. The highest BCUT2D eigenvalue weighted by Gasteiger charge is 2.06. The van der Waals surface area contributed by atoms with E-state index in [1.807, 2.05) is 0 Å². The number of hydrogen-bond acceptors (Lipinski definition) is 1. The zero-order chi connectivity index (χ0) is 17.9. The van der Waals surface area contributed by atoms with Crippen molar-refractivity contribution in [2.24, 2.45) is 10.9 Å². The van der Waals surface area contributed by atoms with Crippen LogP contribution in [0.1, 0.15) is 91.4 Å². The third kappa shape index (κ3) is 16.3. The summed E-state index contributed by atoms with van der Waals surface area (Å²) >= 11 is 0. The van der Waals surface area contributed by atoms with Crippen molar-refractivity contribution >= 4 is 15.4 Å². The van der Waals surface area contributed by atoms with Gasteiger partial charge in [0.25, 0.3) is 0 Å².